The van der Waals surface area contributed by atoms with Crippen LogP contribution in [0.15, 0.2) is 28.2 Å². The first kappa shape index (κ1) is 21.2. The third kappa shape index (κ3) is 4.08. The highest BCUT2D eigenvalue weighted by Gasteiger charge is 2.21. The number of hydrogen-bond acceptors (Lipinski definition) is 5. The zero-order valence-electron chi connectivity index (χ0n) is 15.8. The molecule has 5 nitrogen and oxygen atoms in total. The maximum Gasteiger partial charge on any atom is 0.263 e. The summed E-state index contributed by atoms with van der Waals surface area (Å²) in [7, 11) is 0. The van der Waals surface area contributed by atoms with Crippen LogP contribution in [-0.2, 0) is 11.3 Å². The molecule has 1 unspecified atom stereocenters. The maximum absolute atomic E-state index is 12.9. The molecule has 3 aromatic rings. The minimum atomic E-state index is -0.487. The molecule has 2 aromatic heterocycles. The fourth-order valence-electron chi connectivity index (χ4n) is 2.72. The van der Waals surface area contributed by atoms with Crippen molar-refractivity contribution in [3.05, 3.63) is 49.0 Å². The molecule has 0 fully saturated rings. The van der Waals surface area contributed by atoms with Crippen LogP contribution in [0.1, 0.15) is 24.3 Å². The van der Waals surface area contributed by atoms with Crippen LogP contribution in [0.4, 0.5) is 5.69 Å². The molecule has 2 heterocycles. The molecule has 0 aliphatic rings. The summed E-state index contributed by atoms with van der Waals surface area (Å²) < 4.78 is 1.61. The lowest BCUT2D eigenvalue weighted by Gasteiger charge is -2.15. The summed E-state index contributed by atoms with van der Waals surface area (Å²) in [5, 5.41) is 4.38. The molecule has 1 amide bonds. The number of benzene rings is 1. The molecule has 0 radical (unpaired) electrons. The second-order valence-electron chi connectivity index (χ2n) is 6.28. The Balaban J connectivity index is 1.90. The zero-order valence-corrected chi connectivity index (χ0v) is 18.9. The average Bonchev–Trinajstić information content (AvgIpc) is 2.92. The number of nitrogens with one attached hydrogen (secondary N) is 1. The van der Waals surface area contributed by atoms with Gasteiger partial charge in [-0.15, -0.1) is 11.3 Å². The van der Waals surface area contributed by atoms with Crippen LogP contribution in [0.25, 0.3) is 10.2 Å². The van der Waals surface area contributed by atoms with Crippen molar-refractivity contribution in [3.63, 3.8) is 0 Å². The monoisotopic (exact) mass is 455 g/mol. The first-order chi connectivity index (χ1) is 13.2. The van der Waals surface area contributed by atoms with Gasteiger partial charge in [-0.3, -0.25) is 14.2 Å². The van der Waals surface area contributed by atoms with Gasteiger partial charge in [0.2, 0.25) is 5.91 Å². The first-order valence-electron chi connectivity index (χ1n) is 8.66. The molecule has 148 valence electrons. The van der Waals surface area contributed by atoms with Gasteiger partial charge in [0.1, 0.15) is 4.83 Å². The van der Waals surface area contributed by atoms with Crippen molar-refractivity contribution in [2.45, 2.75) is 44.6 Å². The Morgan fingerprint density at radius 2 is 2.07 bits per heavy atom. The fraction of sp³-hybridized carbons (Fsp3) is 0.316. The number of aromatic nitrogens is 2. The van der Waals surface area contributed by atoms with Gasteiger partial charge < -0.3 is 5.32 Å². The van der Waals surface area contributed by atoms with Crippen molar-refractivity contribution in [1.29, 1.82) is 0 Å². The van der Waals surface area contributed by atoms with Gasteiger partial charge in [0.05, 0.1) is 21.3 Å². The minimum absolute atomic E-state index is 0.0673. The van der Waals surface area contributed by atoms with Crippen molar-refractivity contribution < 1.29 is 4.79 Å². The van der Waals surface area contributed by atoms with Crippen molar-refractivity contribution in [1.82, 2.24) is 9.55 Å². The molecule has 1 atom stereocenters. The van der Waals surface area contributed by atoms with E-state index in [1.165, 1.54) is 23.1 Å². The highest BCUT2D eigenvalue weighted by Crippen LogP contribution is 2.31. The topological polar surface area (TPSA) is 64.0 Å². The van der Waals surface area contributed by atoms with Crippen LogP contribution in [-0.4, -0.2) is 20.7 Å². The molecule has 1 N–H and O–H groups in total. The van der Waals surface area contributed by atoms with Gasteiger partial charge in [0.15, 0.2) is 5.16 Å². The largest absolute Gasteiger partial charge is 0.324 e. The number of thioether (sulfide) groups is 1. The number of fused-ring (bicyclic) bond motifs is 1. The van der Waals surface area contributed by atoms with E-state index in [1.54, 1.807) is 29.7 Å². The van der Waals surface area contributed by atoms with Crippen LogP contribution < -0.4 is 10.9 Å². The van der Waals surface area contributed by atoms with Gasteiger partial charge in [-0.2, -0.15) is 0 Å². The van der Waals surface area contributed by atoms with Crippen LogP contribution >= 0.6 is 46.3 Å². The van der Waals surface area contributed by atoms with Gasteiger partial charge >= 0.3 is 0 Å². The van der Waals surface area contributed by atoms with Crippen LogP contribution in [0, 0.1) is 13.8 Å². The summed E-state index contributed by atoms with van der Waals surface area (Å²) in [4.78, 5) is 32.0. The van der Waals surface area contributed by atoms with Crippen molar-refractivity contribution >= 4 is 68.1 Å². The Kier molecular flexibility index (Phi) is 6.39. The number of halogens is 2. The number of amides is 1. The van der Waals surface area contributed by atoms with Gasteiger partial charge in [-0.05, 0) is 51.5 Å². The third-order valence-electron chi connectivity index (χ3n) is 4.41. The van der Waals surface area contributed by atoms with E-state index in [2.05, 4.69) is 10.3 Å². The average molecular weight is 456 g/mol. The van der Waals surface area contributed by atoms with Crippen LogP contribution in [0.5, 0.6) is 0 Å². The Bertz CT molecular complexity index is 1120. The number of rotatable bonds is 5. The van der Waals surface area contributed by atoms with Gasteiger partial charge in [0, 0.05) is 16.4 Å². The smallest absolute Gasteiger partial charge is 0.263 e. The highest BCUT2D eigenvalue weighted by atomic mass is 35.5. The van der Waals surface area contributed by atoms with E-state index in [-0.39, 0.29) is 11.5 Å². The Morgan fingerprint density at radius 1 is 1.36 bits per heavy atom. The number of aryl methyl sites for hydroxylation is 2. The summed E-state index contributed by atoms with van der Waals surface area (Å²) in [5.41, 5.74) is 1.35. The number of anilines is 1. The molecule has 3 rings (SSSR count). The quantitative estimate of drug-likeness (QED) is 0.406. The Morgan fingerprint density at radius 3 is 2.75 bits per heavy atom. The number of hydrogen-bond donors (Lipinski definition) is 1. The summed E-state index contributed by atoms with van der Waals surface area (Å²) in [5.74, 6) is -0.246. The molecule has 9 heteroatoms. The molecule has 0 saturated heterocycles. The Hall–Kier alpha value is -1.54. The number of carbonyl (C=O) groups excluding carboxylic acids is 1. The van der Waals surface area contributed by atoms with Crippen molar-refractivity contribution in [2.24, 2.45) is 0 Å². The predicted octanol–water partition coefficient (Wildman–Crippen LogP) is 5.52. The van der Waals surface area contributed by atoms with Gasteiger partial charge in [-0.25, -0.2) is 4.98 Å². The third-order valence-corrected chi connectivity index (χ3v) is 7.16. The Labute approximate surface area is 181 Å². The summed E-state index contributed by atoms with van der Waals surface area (Å²) in [6, 6.07) is 4.88. The van der Waals surface area contributed by atoms with E-state index < -0.39 is 5.25 Å². The second kappa shape index (κ2) is 8.45. The zero-order chi connectivity index (χ0) is 20.6. The molecule has 0 aliphatic carbocycles. The van der Waals surface area contributed by atoms with Gasteiger partial charge in [-0.1, -0.05) is 35.0 Å². The molecule has 0 bridgehead atoms. The van der Waals surface area contributed by atoms with E-state index in [4.69, 9.17) is 23.2 Å². The number of carbonyl (C=O) groups is 1. The summed E-state index contributed by atoms with van der Waals surface area (Å²) >= 11 is 14.8. The SMILES string of the molecule is CCn1c(SC(C)C(=O)Nc2cc(Cl)ccc2Cl)nc2sc(C)c(C)c2c1=O. The van der Waals surface area contributed by atoms with E-state index >= 15 is 0 Å². The van der Waals surface area contributed by atoms with Crippen LogP contribution in [0.2, 0.25) is 10.0 Å². The molecule has 0 spiro atoms. The lowest BCUT2D eigenvalue weighted by Crippen LogP contribution is -2.26. The lowest BCUT2D eigenvalue weighted by atomic mass is 10.2. The molecule has 28 heavy (non-hydrogen) atoms. The molecular weight excluding hydrogens is 437 g/mol. The predicted molar refractivity (Wildman–Crippen MR) is 119 cm³/mol. The van der Waals surface area contributed by atoms with Crippen molar-refractivity contribution in [2.75, 3.05) is 5.32 Å². The first-order valence-corrected chi connectivity index (χ1v) is 11.1. The number of thiophene rings is 1. The number of nitrogens with zero attached hydrogens (tertiary/aromatic N) is 2. The highest BCUT2D eigenvalue weighted by molar-refractivity contribution is 8.00. The second-order valence-corrected chi connectivity index (χ2v) is 9.64. The standard InChI is InChI=1S/C19H19Cl2N3O2S2/c1-5-24-18(26)15-9(2)10(3)27-17(15)23-19(24)28-11(4)16(25)22-14-8-12(20)6-7-13(14)21/h6-8,11H,5H2,1-4H3,(H,22,25). The molecule has 0 aliphatic heterocycles. The lowest BCUT2D eigenvalue weighted by molar-refractivity contribution is -0.115. The van der Waals surface area contributed by atoms with E-state index in [1.807, 2.05) is 20.8 Å². The van der Waals surface area contributed by atoms with Gasteiger partial charge in [0.25, 0.3) is 5.56 Å². The summed E-state index contributed by atoms with van der Waals surface area (Å²) in [6.45, 7) is 8.06. The van der Waals surface area contributed by atoms with E-state index in [0.717, 1.165) is 10.4 Å². The normalized spacial score (nSPS) is 12.4. The van der Waals surface area contributed by atoms with E-state index in [0.29, 0.717) is 37.7 Å². The minimum Gasteiger partial charge on any atom is -0.324 e. The molecule has 1 aromatic carbocycles. The fourth-order valence-corrected chi connectivity index (χ4v) is 5.10. The maximum atomic E-state index is 12.9. The van der Waals surface area contributed by atoms with Crippen LogP contribution in [0.3, 0.4) is 0 Å². The van der Waals surface area contributed by atoms with Crippen molar-refractivity contribution in [3.8, 4) is 0 Å². The molecule has 0 saturated carbocycles. The van der Waals surface area contributed by atoms with E-state index in [9.17, 15) is 9.59 Å². The molecular formula is C19H19Cl2N3O2S2. The summed E-state index contributed by atoms with van der Waals surface area (Å²) in [6.07, 6.45) is 0.